The van der Waals surface area contributed by atoms with Gasteiger partial charge in [0, 0.05) is 5.56 Å². The van der Waals surface area contributed by atoms with Crippen molar-refractivity contribution in [2.45, 2.75) is 44.7 Å². The molecule has 2 heterocycles. The highest BCUT2D eigenvalue weighted by Gasteiger charge is 2.52. The van der Waals surface area contributed by atoms with Gasteiger partial charge in [-0.2, -0.15) is 0 Å². The number of hydrogen-bond acceptors (Lipinski definition) is 4. The molecule has 26 heavy (non-hydrogen) atoms. The molecule has 4 rings (SSSR count). The van der Waals surface area contributed by atoms with E-state index in [4.69, 9.17) is 4.42 Å². The predicted molar refractivity (Wildman–Crippen MR) is 91.3 cm³/mol. The number of benzene rings is 1. The number of halogens is 1. The van der Waals surface area contributed by atoms with E-state index in [0.717, 1.165) is 12.8 Å². The molecule has 1 aromatic carbocycles. The average Bonchev–Trinajstić information content (AvgIpc) is 3.17. The number of nitrogens with one attached hydrogen (secondary N) is 1. The lowest BCUT2D eigenvalue weighted by molar-refractivity contribution is -0.133. The Kier molecular flexibility index (Phi) is 4.01. The fourth-order valence-corrected chi connectivity index (χ4v) is 3.71. The number of imide groups is 1. The molecule has 2 aromatic rings. The summed E-state index contributed by atoms with van der Waals surface area (Å²) in [5.74, 6) is 0.256. The van der Waals surface area contributed by atoms with Gasteiger partial charge in [0.15, 0.2) is 0 Å². The summed E-state index contributed by atoms with van der Waals surface area (Å²) < 4.78 is 18.7. The molecule has 6 nitrogen and oxygen atoms in total. The summed E-state index contributed by atoms with van der Waals surface area (Å²) in [5, 5.41) is 2.89. The summed E-state index contributed by atoms with van der Waals surface area (Å²) in [4.78, 5) is 30.7. The third-order valence-corrected chi connectivity index (χ3v) is 5.32. The Hall–Kier alpha value is -2.70. The maximum Gasteiger partial charge on any atom is 0.325 e. The molecule has 1 aromatic heterocycles. The first-order valence-electron chi connectivity index (χ1n) is 8.81. The lowest BCUT2D eigenvalue weighted by Gasteiger charge is -2.33. The standard InChI is InChI=1S/C19H20FN3O3/c1-12-5-7-19(8-6-12)17(24)23(18(25)22-19)10-15-11-26-16(21-15)13-3-2-4-14(20)9-13/h2-4,9,11-12H,5-8,10H2,1H3,(H,22,25). The molecule has 3 amide bonds. The summed E-state index contributed by atoms with van der Waals surface area (Å²) >= 11 is 0. The van der Waals surface area contributed by atoms with Crippen LogP contribution in [0.25, 0.3) is 11.5 Å². The van der Waals surface area contributed by atoms with E-state index in [1.54, 1.807) is 12.1 Å². The largest absolute Gasteiger partial charge is 0.444 e. The maximum absolute atomic E-state index is 13.3. The molecular weight excluding hydrogens is 337 g/mol. The minimum absolute atomic E-state index is 0.0424. The van der Waals surface area contributed by atoms with Crippen LogP contribution in [0.15, 0.2) is 34.9 Å². The second-order valence-electron chi connectivity index (χ2n) is 7.24. The zero-order valence-corrected chi connectivity index (χ0v) is 14.5. The van der Waals surface area contributed by atoms with Gasteiger partial charge in [0.2, 0.25) is 5.89 Å². The zero-order chi connectivity index (χ0) is 18.3. The van der Waals surface area contributed by atoms with Crippen molar-refractivity contribution in [1.29, 1.82) is 0 Å². The molecule has 2 aliphatic rings. The number of carbonyl (C=O) groups is 2. The van der Waals surface area contributed by atoms with Crippen LogP contribution >= 0.6 is 0 Å². The highest BCUT2D eigenvalue weighted by molar-refractivity contribution is 6.07. The van der Waals surface area contributed by atoms with Gasteiger partial charge in [0.25, 0.3) is 5.91 Å². The second-order valence-corrected chi connectivity index (χ2v) is 7.24. The summed E-state index contributed by atoms with van der Waals surface area (Å²) in [6.45, 7) is 2.20. The summed E-state index contributed by atoms with van der Waals surface area (Å²) in [6.07, 6.45) is 4.58. The van der Waals surface area contributed by atoms with Crippen LogP contribution in [-0.4, -0.2) is 27.4 Å². The third kappa shape index (κ3) is 2.87. The van der Waals surface area contributed by atoms with Crippen LogP contribution in [0.1, 0.15) is 38.3 Å². The first-order chi connectivity index (χ1) is 12.5. The van der Waals surface area contributed by atoms with Gasteiger partial charge in [-0.15, -0.1) is 0 Å². The Balaban J connectivity index is 1.51. The van der Waals surface area contributed by atoms with Gasteiger partial charge in [-0.3, -0.25) is 9.69 Å². The van der Waals surface area contributed by atoms with Crippen LogP contribution < -0.4 is 5.32 Å². The van der Waals surface area contributed by atoms with Gasteiger partial charge in [-0.1, -0.05) is 13.0 Å². The van der Waals surface area contributed by atoms with Crippen LogP contribution in [0.2, 0.25) is 0 Å². The van der Waals surface area contributed by atoms with Gasteiger partial charge >= 0.3 is 6.03 Å². The number of carbonyl (C=O) groups excluding carboxylic acids is 2. The van der Waals surface area contributed by atoms with Crippen LogP contribution in [0.5, 0.6) is 0 Å². The van der Waals surface area contributed by atoms with Gasteiger partial charge in [-0.25, -0.2) is 14.2 Å². The maximum atomic E-state index is 13.3. The lowest BCUT2D eigenvalue weighted by Crippen LogP contribution is -2.49. The van der Waals surface area contributed by atoms with Crippen LogP contribution in [-0.2, 0) is 11.3 Å². The Morgan fingerprint density at radius 1 is 1.35 bits per heavy atom. The number of aromatic nitrogens is 1. The van der Waals surface area contributed by atoms with Crippen molar-refractivity contribution < 1.29 is 18.4 Å². The van der Waals surface area contributed by atoms with Crippen LogP contribution in [0.3, 0.4) is 0 Å². The number of oxazole rings is 1. The number of amides is 3. The van der Waals surface area contributed by atoms with Gasteiger partial charge in [0.05, 0.1) is 12.2 Å². The molecule has 0 bridgehead atoms. The van der Waals surface area contributed by atoms with Crippen molar-refractivity contribution in [3.8, 4) is 11.5 Å². The van der Waals surface area contributed by atoms with E-state index in [1.165, 1.54) is 23.3 Å². The normalized spacial score (nSPS) is 25.8. The molecule has 1 N–H and O–H groups in total. The van der Waals surface area contributed by atoms with Crippen molar-refractivity contribution >= 4 is 11.9 Å². The molecule has 0 atom stereocenters. The molecule has 1 aliphatic carbocycles. The molecule has 136 valence electrons. The molecule has 1 spiro atoms. The minimum atomic E-state index is -0.765. The topological polar surface area (TPSA) is 75.4 Å². The van der Waals surface area contributed by atoms with Gasteiger partial charge in [-0.05, 0) is 49.8 Å². The molecule has 2 fully saturated rings. The summed E-state index contributed by atoms with van der Waals surface area (Å²) in [7, 11) is 0. The molecular formula is C19H20FN3O3. The van der Waals surface area contributed by atoms with E-state index in [2.05, 4.69) is 17.2 Å². The number of rotatable bonds is 3. The molecule has 1 aliphatic heterocycles. The van der Waals surface area contributed by atoms with Gasteiger partial charge in [0.1, 0.15) is 17.6 Å². The first kappa shape index (κ1) is 16.8. The Morgan fingerprint density at radius 2 is 2.12 bits per heavy atom. The smallest absolute Gasteiger partial charge is 0.325 e. The predicted octanol–water partition coefficient (Wildman–Crippen LogP) is 3.48. The fraction of sp³-hybridized carbons (Fsp3) is 0.421. The molecule has 7 heteroatoms. The minimum Gasteiger partial charge on any atom is -0.444 e. The molecule has 0 radical (unpaired) electrons. The highest BCUT2D eigenvalue weighted by Crippen LogP contribution is 2.36. The van der Waals surface area contributed by atoms with E-state index in [-0.39, 0.29) is 30.2 Å². The number of urea groups is 1. The van der Waals surface area contributed by atoms with Crippen molar-refractivity contribution in [3.05, 3.63) is 42.0 Å². The highest BCUT2D eigenvalue weighted by atomic mass is 19.1. The molecule has 0 unspecified atom stereocenters. The van der Waals surface area contributed by atoms with Crippen molar-refractivity contribution in [3.63, 3.8) is 0 Å². The third-order valence-electron chi connectivity index (χ3n) is 5.32. The Morgan fingerprint density at radius 3 is 2.85 bits per heavy atom. The van der Waals surface area contributed by atoms with Crippen LogP contribution in [0, 0.1) is 11.7 Å². The quantitative estimate of drug-likeness (QED) is 0.854. The monoisotopic (exact) mass is 357 g/mol. The molecule has 1 saturated carbocycles. The van der Waals surface area contributed by atoms with E-state index >= 15 is 0 Å². The Bertz CT molecular complexity index is 855. The summed E-state index contributed by atoms with van der Waals surface area (Å²) in [5.41, 5.74) is 0.193. The lowest BCUT2D eigenvalue weighted by atomic mass is 9.77. The first-order valence-corrected chi connectivity index (χ1v) is 8.81. The van der Waals surface area contributed by atoms with E-state index in [0.29, 0.717) is 30.0 Å². The van der Waals surface area contributed by atoms with Crippen molar-refractivity contribution in [1.82, 2.24) is 15.2 Å². The van der Waals surface area contributed by atoms with Gasteiger partial charge < -0.3 is 9.73 Å². The van der Waals surface area contributed by atoms with E-state index in [9.17, 15) is 14.0 Å². The van der Waals surface area contributed by atoms with Crippen LogP contribution in [0.4, 0.5) is 9.18 Å². The molecule has 1 saturated heterocycles. The van der Waals surface area contributed by atoms with E-state index < -0.39 is 5.54 Å². The second kappa shape index (κ2) is 6.23. The van der Waals surface area contributed by atoms with E-state index in [1.807, 2.05) is 0 Å². The Labute approximate surface area is 150 Å². The van der Waals surface area contributed by atoms with Crippen molar-refractivity contribution in [2.75, 3.05) is 0 Å². The summed E-state index contributed by atoms with van der Waals surface area (Å²) in [6, 6.07) is 5.52. The SMILES string of the molecule is CC1CCC2(CC1)NC(=O)N(Cc1coc(-c3cccc(F)c3)n1)C2=O. The average molecular weight is 357 g/mol. The van der Waals surface area contributed by atoms with Crippen molar-refractivity contribution in [2.24, 2.45) is 5.92 Å². The zero-order valence-electron chi connectivity index (χ0n) is 14.5. The fourth-order valence-electron chi connectivity index (χ4n) is 3.71. The number of hydrogen-bond donors (Lipinski definition) is 1. The number of nitrogens with zero attached hydrogens (tertiary/aromatic N) is 2.